The third-order valence-electron chi connectivity index (χ3n) is 4.52. The molecule has 0 radical (unpaired) electrons. The summed E-state index contributed by atoms with van der Waals surface area (Å²) >= 11 is 6.34. The number of halogens is 1. The van der Waals surface area contributed by atoms with Crippen LogP contribution in [0.1, 0.15) is 36.4 Å². The summed E-state index contributed by atoms with van der Waals surface area (Å²) in [5.74, 6) is -1.53. The van der Waals surface area contributed by atoms with Crippen LogP contribution in [0.2, 0.25) is 5.02 Å². The first-order valence-corrected chi connectivity index (χ1v) is 11.4. The molecular formula is C20H20ClN3O5S. The molecule has 1 unspecified atom stereocenters. The number of sulfonamides is 1. The fourth-order valence-electron chi connectivity index (χ4n) is 3.24. The van der Waals surface area contributed by atoms with Crippen molar-refractivity contribution in [3.8, 4) is 0 Å². The van der Waals surface area contributed by atoms with E-state index in [0.29, 0.717) is 34.0 Å². The predicted molar refractivity (Wildman–Crippen MR) is 114 cm³/mol. The number of rotatable bonds is 7. The molecule has 2 aromatic rings. The molecule has 0 aliphatic carbocycles. The van der Waals surface area contributed by atoms with Crippen LogP contribution >= 0.6 is 11.6 Å². The molecule has 2 aromatic carbocycles. The number of nitrogens with one attached hydrogen (secondary N) is 1. The van der Waals surface area contributed by atoms with Crippen molar-refractivity contribution in [3.05, 3.63) is 64.7 Å². The summed E-state index contributed by atoms with van der Waals surface area (Å²) in [7, 11) is -3.52. The highest BCUT2D eigenvalue weighted by Crippen LogP contribution is 2.37. The number of para-hydroxylation sites is 1. The van der Waals surface area contributed by atoms with Crippen LogP contribution in [0.15, 0.2) is 53.6 Å². The summed E-state index contributed by atoms with van der Waals surface area (Å²) in [4.78, 5) is 23.6. The van der Waals surface area contributed by atoms with Gasteiger partial charge in [0.2, 0.25) is 15.9 Å². The summed E-state index contributed by atoms with van der Waals surface area (Å²) in [6.07, 6.45) is 0.817. The Balaban J connectivity index is 2.01. The van der Waals surface area contributed by atoms with Gasteiger partial charge in [-0.25, -0.2) is 13.4 Å². The first-order valence-electron chi connectivity index (χ1n) is 9.08. The molecule has 1 aliphatic rings. The second-order valence-electron chi connectivity index (χ2n) is 6.84. The van der Waals surface area contributed by atoms with E-state index in [1.54, 1.807) is 48.5 Å². The fraction of sp³-hybridized carbons (Fsp3) is 0.250. The third-order valence-corrected chi connectivity index (χ3v) is 5.45. The second-order valence-corrected chi connectivity index (χ2v) is 9.00. The normalized spacial score (nSPS) is 16.3. The fourth-order valence-corrected chi connectivity index (χ4v) is 4.08. The average molecular weight is 450 g/mol. The number of amides is 1. The van der Waals surface area contributed by atoms with Crippen molar-refractivity contribution in [2.24, 2.45) is 5.10 Å². The molecule has 1 amide bonds. The van der Waals surface area contributed by atoms with Crippen LogP contribution in [0.4, 0.5) is 5.69 Å². The van der Waals surface area contributed by atoms with Crippen molar-refractivity contribution < 1.29 is 23.1 Å². The van der Waals surface area contributed by atoms with Crippen LogP contribution in [-0.4, -0.2) is 42.4 Å². The first-order chi connectivity index (χ1) is 14.2. The summed E-state index contributed by atoms with van der Waals surface area (Å²) in [6.45, 7) is 0. The van der Waals surface area contributed by atoms with E-state index in [0.717, 1.165) is 6.26 Å². The van der Waals surface area contributed by atoms with E-state index < -0.39 is 27.9 Å². The molecule has 158 valence electrons. The van der Waals surface area contributed by atoms with E-state index >= 15 is 0 Å². The largest absolute Gasteiger partial charge is 0.481 e. The van der Waals surface area contributed by atoms with Crippen molar-refractivity contribution >= 4 is 44.9 Å². The standard InChI is InChI=1S/C20H20ClN3O5S/c1-30(28,29)23-16-9-5-3-7-14(16)17-12-18(13-6-2-4-8-15(13)21)24(22-17)19(25)10-11-20(26)27/h2-9,18,23H,10-12H2,1H3,(H,26,27). The number of hydrogen-bond acceptors (Lipinski definition) is 5. The minimum Gasteiger partial charge on any atom is -0.481 e. The van der Waals surface area contributed by atoms with Gasteiger partial charge in [-0.05, 0) is 17.7 Å². The summed E-state index contributed by atoms with van der Waals surface area (Å²) in [5, 5.41) is 15.1. The molecule has 1 aliphatic heterocycles. The van der Waals surface area contributed by atoms with E-state index in [4.69, 9.17) is 16.7 Å². The minimum absolute atomic E-state index is 0.212. The zero-order valence-electron chi connectivity index (χ0n) is 16.1. The maximum Gasteiger partial charge on any atom is 0.303 e. The number of aliphatic carboxylic acids is 1. The van der Waals surface area contributed by atoms with E-state index in [1.165, 1.54) is 5.01 Å². The molecule has 8 nitrogen and oxygen atoms in total. The smallest absolute Gasteiger partial charge is 0.303 e. The van der Waals surface area contributed by atoms with Gasteiger partial charge < -0.3 is 5.11 Å². The Hall–Kier alpha value is -2.91. The van der Waals surface area contributed by atoms with Crippen LogP contribution in [0.3, 0.4) is 0 Å². The maximum atomic E-state index is 12.7. The lowest BCUT2D eigenvalue weighted by Crippen LogP contribution is -2.27. The number of carbonyl (C=O) groups excluding carboxylic acids is 1. The van der Waals surface area contributed by atoms with Gasteiger partial charge in [0.1, 0.15) is 0 Å². The minimum atomic E-state index is -3.52. The first kappa shape index (κ1) is 21.8. The molecular weight excluding hydrogens is 430 g/mol. The van der Waals surface area contributed by atoms with Crippen molar-refractivity contribution in [1.82, 2.24) is 5.01 Å². The van der Waals surface area contributed by atoms with Crippen molar-refractivity contribution in [3.63, 3.8) is 0 Å². The number of hydrazone groups is 1. The second kappa shape index (κ2) is 8.85. The van der Waals surface area contributed by atoms with Crippen LogP contribution in [0.5, 0.6) is 0 Å². The Kier molecular flexibility index (Phi) is 6.42. The number of nitrogens with zero attached hydrogens (tertiary/aromatic N) is 2. The SMILES string of the molecule is CS(=O)(=O)Nc1ccccc1C1=NN(C(=O)CCC(=O)O)C(c2ccccc2Cl)C1. The van der Waals surface area contributed by atoms with Crippen molar-refractivity contribution in [2.75, 3.05) is 11.0 Å². The van der Waals surface area contributed by atoms with Gasteiger partial charge in [0.05, 0.1) is 30.1 Å². The summed E-state index contributed by atoms with van der Waals surface area (Å²) < 4.78 is 25.9. The Morgan fingerprint density at radius 1 is 1.17 bits per heavy atom. The Morgan fingerprint density at radius 2 is 1.83 bits per heavy atom. The number of benzene rings is 2. The topological polar surface area (TPSA) is 116 Å². The van der Waals surface area contributed by atoms with Gasteiger partial charge in [-0.2, -0.15) is 5.10 Å². The summed E-state index contributed by atoms with van der Waals surface area (Å²) in [5.41, 5.74) is 2.05. The molecule has 0 saturated heterocycles. The zero-order chi connectivity index (χ0) is 21.9. The van der Waals surface area contributed by atoms with E-state index in [-0.39, 0.29) is 12.8 Å². The predicted octanol–water partition coefficient (Wildman–Crippen LogP) is 3.25. The van der Waals surface area contributed by atoms with Crippen LogP contribution in [-0.2, 0) is 19.6 Å². The zero-order valence-corrected chi connectivity index (χ0v) is 17.7. The molecule has 3 rings (SSSR count). The molecule has 10 heteroatoms. The van der Waals surface area contributed by atoms with Crippen LogP contribution < -0.4 is 4.72 Å². The Labute approximate surface area is 179 Å². The highest BCUT2D eigenvalue weighted by atomic mass is 35.5. The van der Waals surface area contributed by atoms with Crippen molar-refractivity contribution in [1.29, 1.82) is 0 Å². The van der Waals surface area contributed by atoms with Crippen molar-refractivity contribution in [2.45, 2.75) is 25.3 Å². The third kappa shape index (κ3) is 5.17. The number of carboxylic acid groups (broad SMARTS) is 1. The molecule has 0 aromatic heterocycles. The monoisotopic (exact) mass is 449 g/mol. The van der Waals surface area contributed by atoms with E-state index in [1.807, 2.05) is 0 Å². The lowest BCUT2D eigenvalue weighted by atomic mass is 9.97. The maximum absolute atomic E-state index is 12.7. The molecule has 0 bridgehead atoms. The lowest BCUT2D eigenvalue weighted by molar-refractivity contribution is -0.141. The van der Waals surface area contributed by atoms with Crippen LogP contribution in [0.25, 0.3) is 0 Å². The molecule has 0 fully saturated rings. The van der Waals surface area contributed by atoms with Gasteiger partial charge in [-0.3, -0.25) is 14.3 Å². The van der Waals surface area contributed by atoms with Gasteiger partial charge in [-0.1, -0.05) is 48.0 Å². The molecule has 0 saturated carbocycles. The number of anilines is 1. The molecule has 30 heavy (non-hydrogen) atoms. The molecule has 1 atom stereocenters. The van der Waals surface area contributed by atoms with Gasteiger partial charge >= 0.3 is 5.97 Å². The number of carbonyl (C=O) groups is 2. The highest BCUT2D eigenvalue weighted by molar-refractivity contribution is 7.92. The van der Waals surface area contributed by atoms with Gasteiger partial charge in [-0.15, -0.1) is 0 Å². The lowest BCUT2D eigenvalue weighted by Gasteiger charge is -2.22. The molecule has 1 heterocycles. The molecule has 0 spiro atoms. The van der Waals surface area contributed by atoms with E-state index in [9.17, 15) is 18.0 Å². The van der Waals surface area contributed by atoms with E-state index in [2.05, 4.69) is 9.82 Å². The van der Waals surface area contributed by atoms with Gasteiger partial charge in [0.15, 0.2) is 0 Å². The van der Waals surface area contributed by atoms with Crippen LogP contribution in [0, 0.1) is 0 Å². The Bertz CT molecular complexity index is 1120. The number of hydrogen-bond donors (Lipinski definition) is 2. The van der Waals surface area contributed by atoms with Gasteiger partial charge in [0, 0.05) is 23.4 Å². The number of carboxylic acids is 1. The Morgan fingerprint density at radius 3 is 2.50 bits per heavy atom. The summed E-state index contributed by atoms with van der Waals surface area (Å²) in [6, 6.07) is 13.3. The van der Waals surface area contributed by atoms with Gasteiger partial charge in [0.25, 0.3) is 0 Å². The highest BCUT2D eigenvalue weighted by Gasteiger charge is 2.34. The molecule has 2 N–H and O–H groups in total. The average Bonchev–Trinajstić information content (AvgIpc) is 3.10. The quantitative estimate of drug-likeness (QED) is 0.673.